The summed E-state index contributed by atoms with van der Waals surface area (Å²) >= 11 is 8.62. The van der Waals surface area contributed by atoms with E-state index in [9.17, 15) is 0 Å². The second kappa shape index (κ2) is 5.92. The third kappa shape index (κ3) is 3.06. The molecule has 2 heterocycles. The normalized spacial score (nSPS) is 13.1. The first-order valence-electron chi connectivity index (χ1n) is 6.65. The molecule has 1 atom stereocenters. The first-order chi connectivity index (χ1) is 10.0. The zero-order chi connectivity index (χ0) is 15.0. The molecule has 3 aromatic rings. The number of aromatic nitrogens is 3. The third-order valence-electron chi connectivity index (χ3n) is 3.39. The van der Waals surface area contributed by atoms with Crippen LogP contribution in [-0.4, -0.2) is 26.7 Å². The van der Waals surface area contributed by atoms with Crippen LogP contribution in [0.2, 0.25) is 0 Å². The average Bonchev–Trinajstić information content (AvgIpc) is 3.01. The van der Waals surface area contributed by atoms with E-state index >= 15 is 0 Å². The third-order valence-corrected chi connectivity index (χ3v) is 5.82. The summed E-state index contributed by atoms with van der Waals surface area (Å²) in [6, 6.07) is 8.48. The standard InChI is InChI=1S/C14H16N4S3/c1-9(13-15-11-6-4-5-7-12(11)21-13)17(3)8-18-14(19)20-10(2)16-18/h4-7,9H,8H2,1-3H3/t9-/m1/s1. The molecule has 0 aliphatic carbocycles. The summed E-state index contributed by atoms with van der Waals surface area (Å²) in [5.41, 5.74) is 1.07. The number of benzene rings is 1. The Hall–Kier alpha value is -1.15. The van der Waals surface area contributed by atoms with Gasteiger partial charge in [-0.2, -0.15) is 5.10 Å². The van der Waals surface area contributed by atoms with Crippen molar-refractivity contribution in [1.29, 1.82) is 0 Å². The predicted octanol–water partition coefficient (Wildman–Crippen LogP) is 4.24. The lowest BCUT2D eigenvalue weighted by atomic mass is 10.3. The van der Waals surface area contributed by atoms with Crippen molar-refractivity contribution in [2.45, 2.75) is 26.6 Å². The van der Waals surface area contributed by atoms with Gasteiger partial charge in [0.25, 0.3) is 0 Å². The molecular formula is C14H16N4S3. The second-order valence-electron chi connectivity index (χ2n) is 4.98. The van der Waals surface area contributed by atoms with Crippen LogP contribution in [-0.2, 0) is 6.67 Å². The fourth-order valence-electron chi connectivity index (χ4n) is 2.09. The molecule has 0 amide bonds. The Bertz CT molecular complexity index is 784. The number of rotatable bonds is 4. The van der Waals surface area contributed by atoms with Crippen LogP contribution in [0.5, 0.6) is 0 Å². The highest BCUT2D eigenvalue weighted by Crippen LogP contribution is 2.29. The minimum atomic E-state index is 0.228. The molecule has 0 aliphatic rings. The van der Waals surface area contributed by atoms with E-state index in [-0.39, 0.29) is 6.04 Å². The maximum atomic E-state index is 5.33. The van der Waals surface area contributed by atoms with E-state index in [0.717, 1.165) is 19.5 Å². The van der Waals surface area contributed by atoms with Gasteiger partial charge in [0, 0.05) is 0 Å². The molecule has 0 spiro atoms. The molecule has 0 saturated carbocycles. The predicted molar refractivity (Wildman–Crippen MR) is 91.5 cm³/mol. The molecule has 2 aromatic heterocycles. The molecule has 110 valence electrons. The van der Waals surface area contributed by atoms with Gasteiger partial charge in [-0.15, -0.1) is 11.3 Å². The van der Waals surface area contributed by atoms with Gasteiger partial charge in [0.1, 0.15) is 10.0 Å². The highest BCUT2D eigenvalue weighted by atomic mass is 32.1. The Morgan fingerprint density at radius 2 is 2.10 bits per heavy atom. The Labute approximate surface area is 136 Å². The van der Waals surface area contributed by atoms with Crippen LogP contribution in [0, 0.1) is 10.9 Å². The summed E-state index contributed by atoms with van der Waals surface area (Å²) < 4.78 is 3.92. The zero-order valence-electron chi connectivity index (χ0n) is 12.1. The van der Waals surface area contributed by atoms with Gasteiger partial charge in [-0.1, -0.05) is 23.5 Å². The van der Waals surface area contributed by atoms with Gasteiger partial charge in [0.05, 0.1) is 22.9 Å². The van der Waals surface area contributed by atoms with Crippen molar-refractivity contribution in [3.8, 4) is 0 Å². The lowest BCUT2D eigenvalue weighted by Crippen LogP contribution is -2.26. The minimum absolute atomic E-state index is 0.228. The van der Waals surface area contributed by atoms with E-state index in [2.05, 4.69) is 42.2 Å². The quantitative estimate of drug-likeness (QED) is 0.667. The summed E-state index contributed by atoms with van der Waals surface area (Å²) in [6.07, 6.45) is 0. The molecule has 0 saturated heterocycles. The summed E-state index contributed by atoms with van der Waals surface area (Å²) in [5, 5.41) is 6.56. The van der Waals surface area contributed by atoms with Gasteiger partial charge in [-0.05, 0) is 45.2 Å². The molecule has 4 nitrogen and oxygen atoms in total. The van der Waals surface area contributed by atoms with Crippen molar-refractivity contribution in [3.63, 3.8) is 0 Å². The van der Waals surface area contributed by atoms with Gasteiger partial charge >= 0.3 is 0 Å². The number of hydrogen-bond donors (Lipinski definition) is 0. The Morgan fingerprint density at radius 3 is 2.76 bits per heavy atom. The van der Waals surface area contributed by atoms with Gasteiger partial charge < -0.3 is 0 Å². The van der Waals surface area contributed by atoms with Crippen LogP contribution in [0.1, 0.15) is 23.0 Å². The van der Waals surface area contributed by atoms with Gasteiger partial charge in [-0.25, -0.2) is 9.67 Å². The maximum Gasteiger partial charge on any atom is 0.180 e. The second-order valence-corrected chi connectivity index (χ2v) is 7.87. The first kappa shape index (κ1) is 14.8. The lowest BCUT2D eigenvalue weighted by Gasteiger charge is -2.22. The number of nitrogens with zero attached hydrogens (tertiary/aromatic N) is 4. The molecule has 21 heavy (non-hydrogen) atoms. The first-order valence-corrected chi connectivity index (χ1v) is 8.69. The largest absolute Gasteiger partial charge is 0.278 e. The van der Waals surface area contributed by atoms with Crippen LogP contribution in [0.3, 0.4) is 0 Å². The molecule has 3 rings (SSSR count). The molecular weight excluding hydrogens is 320 g/mol. The Morgan fingerprint density at radius 1 is 1.33 bits per heavy atom. The van der Waals surface area contributed by atoms with Crippen LogP contribution < -0.4 is 0 Å². The summed E-state index contributed by atoms with van der Waals surface area (Å²) in [5.74, 6) is 0. The molecule has 0 radical (unpaired) electrons. The maximum absolute atomic E-state index is 5.33. The lowest BCUT2D eigenvalue weighted by molar-refractivity contribution is 0.195. The SMILES string of the molecule is Cc1nn(CN(C)[C@H](C)c2nc3ccccc3s2)c(=S)s1. The van der Waals surface area contributed by atoms with E-state index in [1.54, 1.807) is 22.7 Å². The zero-order valence-corrected chi connectivity index (χ0v) is 14.6. The monoisotopic (exact) mass is 336 g/mol. The molecule has 0 aliphatic heterocycles. The molecule has 7 heteroatoms. The van der Waals surface area contributed by atoms with E-state index in [0.29, 0.717) is 6.67 Å². The summed E-state index contributed by atoms with van der Waals surface area (Å²) in [7, 11) is 2.08. The van der Waals surface area contributed by atoms with Gasteiger partial charge in [0.15, 0.2) is 3.95 Å². The van der Waals surface area contributed by atoms with Crippen molar-refractivity contribution < 1.29 is 0 Å². The van der Waals surface area contributed by atoms with E-state index in [1.807, 2.05) is 17.7 Å². The van der Waals surface area contributed by atoms with Crippen molar-refractivity contribution in [2.75, 3.05) is 7.05 Å². The number of hydrogen-bond acceptors (Lipinski definition) is 6. The minimum Gasteiger partial charge on any atom is -0.278 e. The highest BCUT2D eigenvalue weighted by Gasteiger charge is 2.17. The molecule has 0 bridgehead atoms. The van der Waals surface area contributed by atoms with Gasteiger partial charge in [0.2, 0.25) is 0 Å². The van der Waals surface area contributed by atoms with Crippen molar-refractivity contribution in [1.82, 2.24) is 19.7 Å². The molecule has 0 fully saturated rings. The number of aryl methyl sites for hydroxylation is 1. The smallest absolute Gasteiger partial charge is 0.180 e. The van der Waals surface area contributed by atoms with Crippen LogP contribution in [0.4, 0.5) is 0 Å². The average molecular weight is 337 g/mol. The fourth-order valence-corrected chi connectivity index (χ4v) is 4.23. The van der Waals surface area contributed by atoms with E-state index in [1.165, 1.54) is 4.70 Å². The number of fused-ring (bicyclic) bond motifs is 1. The van der Waals surface area contributed by atoms with Crippen molar-refractivity contribution >= 4 is 45.1 Å². The Kier molecular flexibility index (Phi) is 4.17. The topological polar surface area (TPSA) is 34.0 Å². The summed E-state index contributed by atoms with van der Waals surface area (Å²) in [6.45, 7) is 4.83. The van der Waals surface area contributed by atoms with Crippen LogP contribution in [0.15, 0.2) is 24.3 Å². The number of thiazole rings is 1. The fraction of sp³-hybridized carbons (Fsp3) is 0.357. The van der Waals surface area contributed by atoms with E-state index in [4.69, 9.17) is 17.2 Å². The molecule has 0 unspecified atom stereocenters. The summed E-state index contributed by atoms with van der Waals surface area (Å²) in [4.78, 5) is 6.94. The van der Waals surface area contributed by atoms with Crippen LogP contribution >= 0.6 is 34.9 Å². The molecule has 0 N–H and O–H groups in total. The van der Waals surface area contributed by atoms with Crippen LogP contribution in [0.25, 0.3) is 10.2 Å². The highest BCUT2D eigenvalue weighted by molar-refractivity contribution is 7.73. The van der Waals surface area contributed by atoms with Gasteiger partial charge in [-0.3, -0.25) is 4.90 Å². The molecule has 1 aromatic carbocycles. The number of para-hydroxylation sites is 1. The Balaban J connectivity index is 1.82. The van der Waals surface area contributed by atoms with Crippen molar-refractivity contribution in [2.24, 2.45) is 0 Å². The van der Waals surface area contributed by atoms with E-state index < -0.39 is 0 Å². The van der Waals surface area contributed by atoms with Crippen molar-refractivity contribution in [3.05, 3.63) is 38.2 Å².